The quantitative estimate of drug-likeness (QED) is 0.685. The van der Waals surface area contributed by atoms with Gasteiger partial charge in [0.2, 0.25) is 0 Å². The molecule has 1 aliphatic rings. The minimum Gasteiger partial charge on any atom is -0.392 e. The summed E-state index contributed by atoms with van der Waals surface area (Å²) in [5.41, 5.74) is 0.205. The Labute approximate surface area is 93.8 Å². The summed E-state index contributed by atoms with van der Waals surface area (Å²) in [6.07, 6.45) is 7.83. The van der Waals surface area contributed by atoms with Crippen molar-refractivity contribution in [3.05, 3.63) is 12.7 Å². The number of hydrogen-bond donors (Lipinski definition) is 2. The molecule has 0 aromatic rings. The molecule has 0 saturated heterocycles. The van der Waals surface area contributed by atoms with E-state index < -0.39 is 0 Å². The van der Waals surface area contributed by atoms with Crippen LogP contribution in [0.5, 0.6) is 0 Å². The highest BCUT2D eigenvalue weighted by molar-refractivity contribution is 4.97. The Morgan fingerprint density at radius 1 is 1.67 bits per heavy atom. The minimum atomic E-state index is -0.260. The van der Waals surface area contributed by atoms with Crippen molar-refractivity contribution in [1.82, 2.24) is 5.32 Å². The molecule has 2 nitrogen and oxygen atoms in total. The molecule has 0 amide bonds. The van der Waals surface area contributed by atoms with Crippen molar-refractivity contribution in [2.24, 2.45) is 5.92 Å². The largest absolute Gasteiger partial charge is 0.392 e. The van der Waals surface area contributed by atoms with E-state index in [4.69, 9.17) is 0 Å². The van der Waals surface area contributed by atoms with Crippen LogP contribution in [0.2, 0.25) is 0 Å². The molecule has 0 aromatic carbocycles. The molecule has 1 saturated carbocycles. The van der Waals surface area contributed by atoms with Gasteiger partial charge in [-0.3, -0.25) is 0 Å². The lowest BCUT2D eigenvalue weighted by Gasteiger charge is -2.41. The zero-order valence-electron chi connectivity index (χ0n) is 10.1. The first kappa shape index (κ1) is 12.7. The van der Waals surface area contributed by atoms with E-state index in [0.717, 1.165) is 12.3 Å². The Kier molecular flexibility index (Phi) is 4.81. The molecule has 3 atom stereocenters. The second-order valence-electron chi connectivity index (χ2n) is 5.20. The van der Waals surface area contributed by atoms with E-state index in [9.17, 15) is 5.11 Å². The molecular formula is C13H25NO. The van der Waals surface area contributed by atoms with Crippen LogP contribution in [-0.2, 0) is 0 Å². The van der Waals surface area contributed by atoms with E-state index in [1.165, 1.54) is 25.7 Å². The molecule has 1 aliphatic carbocycles. The highest BCUT2D eigenvalue weighted by Gasteiger charge is 2.33. The number of aliphatic hydroxyl groups is 1. The van der Waals surface area contributed by atoms with E-state index >= 15 is 0 Å². The number of aliphatic hydroxyl groups excluding tert-OH is 1. The van der Waals surface area contributed by atoms with Crippen LogP contribution in [0.25, 0.3) is 0 Å². The van der Waals surface area contributed by atoms with E-state index in [2.05, 4.69) is 18.8 Å². The summed E-state index contributed by atoms with van der Waals surface area (Å²) >= 11 is 0. The Balaban J connectivity index is 2.55. The van der Waals surface area contributed by atoms with Crippen molar-refractivity contribution in [3.8, 4) is 0 Å². The zero-order valence-corrected chi connectivity index (χ0v) is 10.1. The maximum atomic E-state index is 9.34. The lowest BCUT2D eigenvalue weighted by Crippen LogP contribution is -2.50. The smallest absolute Gasteiger partial charge is 0.0636 e. The van der Waals surface area contributed by atoms with E-state index in [1.54, 1.807) is 0 Å². The fraction of sp³-hybridized carbons (Fsp3) is 0.846. The van der Waals surface area contributed by atoms with Crippen LogP contribution in [0.3, 0.4) is 0 Å². The molecule has 15 heavy (non-hydrogen) atoms. The second-order valence-corrected chi connectivity index (χ2v) is 5.20. The van der Waals surface area contributed by atoms with Crippen molar-refractivity contribution in [2.45, 2.75) is 57.6 Å². The summed E-state index contributed by atoms with van der Waals surface area (Å²) in [6, 6.07) is 0. The summed E-state index contributed by atoms with van der Waals surface area (Å²) in [5.74, 6) is 0.792. The molecule has 0 heterocycles. The summed E-state index contributed by atoms with van der Waals surface area (Å²) in [4.78, 5) is 0. The molecule has 0 bridgehead atoms. The molecule has 0 radical (unpaired) electrons. The van der Waals surface area contributed by atoms with Gasteiger partial charge in [0, 0.05) is 12.1 Å². The van der Waals surface area contributed by atoms with Gasteiger partial charge in [-0.1, -0.05) is 25.8 Å². The fourth-order valence-electron chi connectivity index (χ4n) is 2.72. The Hall–Kier alpha value is -0.340. The average molecular weight is 211 g/mol. The third-order valence-corrected chi connectivity index (χ3v) is 3.40. The number of β-amino-alcohol motifs (C(OH)–C–C–N with tert-alkyl or cyclic N) is 1. The predicted molar refractivity (Wildman–Crippen MR) is 64.9 cm³/mol. The first-order valence-corrected chi connectivity index (χ1v) is 6.12. The summed E-state index contributed by atoms with van der Waals surface area (Å²) in [5, 5.41) is 12.9. The van der Waals surface area contributed by atoms with E-state index in [-0.39, 0.29) is 11.6 Å². The van der Waals surface area contributed by atoms with Crippen LogP contribution in [0.15, 0.2) is 12.7 Å². The van der Waals surface area contributed by atoms with Gasteiger partial charge in [0.25, 0.3) is 0 Å². The van der Waals surface area contributed by atoms with Gasteiger partial charge in [0.05, 0.1) is 6.10 Å². The van der Waals surface area contributed by atoms with Gasteiger partial charge in [-0.15, -0.1) is 6.58 Å². The highest BCUT2D eigenvalue weighted by atomic mass is 16.3. The van der Waals surface area contributed by atoms with Crippen LogP contribution in [-0.4, -0.2) is 23.3 Å². The third-order valence-electron chi connectivity index (χ3n) is 3.40. The molecule has 0 aromatic heterocycles. The highest BCUT2D eigenvalue weighted by Crippen LogP contribution is 2.34. The Bertz CT molecular complexity index is 203. The van der Waals surface area contributed by atoms with E-state index in [1.807, 2.05) is 13.0 Å². The molecular weight excluding hydrogens is 186 g/mol. The first-order chi connectivity index (χ1) is 7.08. The lowest BCUT2D eigenvalue weighted by atomic mass is 9.74. The summed E-state index contributed by atoms with van der Waals surface area (Å²) in [6.45, 7) is 8.70. The predicted octanol–water partition coefficient (Wildman–Crippen LogP) is 2.48. The van der Waals surface area contributed by atoms with Crippen LogP contribution in [0.1, 0.15) is 46.0 Å². The van der Waals surface area contributed by atoms with E-state index in [0.29, 0.717) is 6.54 Å². The molecule has 88 valence electrons. The van der Waals surface area contributed by atoms with Crippen LogP contribution < -0.4 is 5.32 Å². The van der Waals surface area contributed by atoms with Crippen molar-refractivity contribution >= 4 is 0 Å². The minimum absolute atomic E-state index is 0.205. The van der Waals surface area contributed by atoms with Crippen molar-refractivity contribution in [2.75, 3.05) is 6.54 Å². The van der Waals surface area contributed by atoms with Gasteiger partial charge < -0.3 is 10.4 Å². The van der Waals surface area contributed by atoms with Gasteiger partial charge in [0.1, 0.15) is 0 Å². The molecule has 0 spiro atoms. The van der Waals surface area contributed by atoms with Crippen LogP contribution in [0.4, 0.5) is 0 Å². The molecule has 0 aliphatic heterocycles. The zero-order chi connectivity index (χ0) is 11.3. The number of nitrogens with one attached hydrogen (secondary N) is 1. The van der Waals surface area contributed by atoms with Crippen molar-refractivity contribution in [3.63, 3.8) is 0 Å². The third kappa shape index (κ3) is 3.96. The number of rotatable bonds is 5. The van der Waals surface area contributed by atoms with Gasteiger partial charge >= 0.3 is 0 Å². The van der Waals surface area contributed by atoms with Crippen LogP contribution in [0, 0.1) is 5.92 Å². The molecule has 1 fully saturated rings. The summed E-state index contributed by atoms with van der Waals surface area (Å²) in [7, 11) is 0. The Morgan fingerprint density at radius 2 is 2.40 bits per heavy atom. The van der Waals surface area contributed by atoms with Gasteiger partial charge in [0.15, 0.2) is 0 Å². The first-order valence-electron chi connectivity index (χ1n) is 6.12. The SMILES string of the molecule is C=CCC1(NCC(C)O)CCCC(C)C1. The van der Waals surface area contributed by atoms with Crippen LogP contribution >= 0.6 is 0 Å². The maximum Gasteiger partial charge on any atom is 0.0636 e. The topological polar surface area (TPSA) is 32.3 Å². The summed E-state index contributed by atoms with van der Waals surface area (Å²) < 4.78 is 0. The maximum absolute atomic E-state index is 9.34. The van der Waals surface area contributed by atoms with Crippen molar-refractivity contribution < 1.29 is 5.11 Å². The monoisotopic (exact) mass is 211 g/mol. The average Bonchev–Trinajstić information content (AvgIpc) is 2.15. The van der Waals surface area contributed by atoms with Crippen molar-refractivity contribution in [1.29, 1.82) is 0 Å². The lowest BCUT2D eigenvalue weighted by molar-refractivity contribution is 0.138. The molecule has 2 N–H and O–H groups in total. The number of hydrogen-bond acceptors (Lipinski definition) is 2. The standard InChI is InChI=1S/C13H25NO/c1-4-7-13(14-10-12(3)15)8-5-6-11(2)9-13/h4,11-12,14-15H,1,5-10H2,2-3H3. The second kappa shape index (κ2) is 5.66. The van der Waals surface area contributed by atoms with Gasteiger partial charge in [-0.2, -0.15) is 0 Å². The fourth-order valence-corrected chi connectivity index (χ4v) is 2.72. The van der Waals surface area contributed by atoms with Gasteiger partial charge in [-0.05, 0) is 32.1 Å². The molecule has 1 rings (SSSR count). The van der Waals surface area contributed by atoms with Gasteiger partial charge in [-0.25, -0.2) is 0 Å². The Morgan fingerprint density at radius 3 is 2.93 bits per heavy atom. The molecule has 3 unspecified atom stereocenters. The molecule has 2 heteroatoms. The normalized spacial score (nSPS) is 33.7.